The van der Waals surface area contributed by atoms with Crippen LogP contribution in [0.4, 0.5) is 0 Å². The molecule has 0 spiro atoms. The van der Waals surface area contributed by atoms with Crippen LogP contribution < -0.4 is 10.6 Å². The van der Waals surface area contributed by atoms with Gasteiger partial charge in [-0.1, -0.05) is 13.8 Å². The number of hydrogen-bond acceptors (Lipinski definition) is 3. The van der Waals surface area contributed by atoms with Crippen molar-refractivity contribution in [2.75, 3.05) is 26.2 Å². The van der Waals surface area contributed by atoms with Crippen LogP contribution in [-0.2, 0) is 5.41 Å². The van der Waals surface area contributed by atoms with Gasteiger partial charge < -0.3 is 10.6 Å². The van der Waals surface area contributed by atoms with E-state index in [-0.39, 0.29) is 5.41 Å². The van der Waals surface area contributed by atoms with Crippen LogP contribution in [0.2, 0.25) is 0 Å². The minimum atomic E-state index is 0.225. The first kappa shape index (κ1) is 13.5. The van der Waals surface area contributed by atoms with Crippen molar-refractivity contribution in [3.05, 3.63) is 20.8 Å². The molecular formula is C13H21BrN2S. The van der Waals surface area contributed by atoms with E-state index in [2.05, 4.69) is 51.9 Å². The summed E-state index contributed by atoms with van der Waals surface area (Å²) in [6.45, 7) is 9.18. The van der Waals surface area contributed by atoms with Gasteiger partial charge in [-0.15, -0.1) is 11.3 Å². The Morgan fingerprint density at radius 2 is 2.41 bits per heavy atom. The molecule has 2 rings (SSSR count). The van der Waals surface area contributed by atoms with Gasteiger partial charge in [-0.3, -0.25) is 0 Å². The zero-order valence-electron chi connectivity index (χ0n) is 10.6. The van der Waals surface area contributed by atoms with Gasteiger partial charge in [-0.25, -0.2) is 0 Å². The number of nitrogens with one attached hydrogen (secondary N) is 2. The molecule has 0 saturated carbocycles. The summed E-state index contributed by atoms with van der Waals surface area (Å²) in [6.07, 6.45) is 1.32. The highest BCUT2D eigenvalue weighted by Gasteiger charge is 2.23. The number of halogens is 1. The van der Waals surface area contributed by atoms with Gasteiger partial charge in [0.15, 0.2) is 0 Å². The summed E-state index contributed by atoms with van der Waals surface area (Å²) in [4.78, 5) is 1.45. The Morgan fingerprint density at radius 3 is 3.00 bits per heavy atom. The van der Waals surface area contributed by atoms with Crippen LogP contribution in [0.15, 0.2) is 15.9 Å². The summed E-state index contributed by atoms with van der Waals surface area (Å²) in [5.41, 5.74) is 0.225. The van der Waals surface area contributed by atoms with Gasteiger partial charge >= 0.3 is 0 Å². The molecule has 1 unspecified atom stereocenters. The van der Waals surface area contributed by atoms with Gasteiger partial charge in [-0.05, 0) is 54.0 Å². The Bertz CT molecular complexity index is 356. The second-order valence-electron chi connectivity index (χ2n) is 5.50. The van der Waals surface area contributed by atoms with Crippen molar-refractivity contribution in [3.8, 4) is 0 Å². The second kappa shape index (κ2) is 5.83. The molecule has 1 fully saturated rings. The molecule has 1 aromatic heterocycles. The van der Waals surface area contributed by atoms with E-state index in [4.69, 9.17) is 0 Å². The second-order valence-corrected chi connectivity index (χ2v) is 7.33. The molecule has 17 heavy (non-hydrogen) atoms. The van der Waals surface area contributed by atoms with E-state index in [9.17, 15) is 0 Å². The SMILES string of the molecule is CC(C)(CNCC1CCNC1)c1cc(Br)cs1. The lowest BCUT2D eigenvalue weighted by atomic mass is 9.91. The normalized spacial score (nSPS) is 21.0. The van der Waals surface area contributed by atoms with Crippen LogP contribution >= 0.6 is 27.3 Å². The number of thiophene rings is 1. The molecule has 0 amide bonds. The molecule has 0 radical (unpaired) electrons. The summed E-state index contributed by atoms with van der Waals surface area (Å²) in [7, 11) is 0. The summed E-state index contributed by atoms with van der Waals surface area (Å²) >= 11 is 5.37. The Morgan fingerprint density at radius 1 is 1.59 bits per heavy atom. The van der Waals surface area contributed by atoms with E-state index in [1.165, 1.54) is 28.9 Å². The Balaban J connectivity index is 1.80. The van der Waals surface area contributed by atoms with Crippen LogP contribution in [-0.4, -0.2) is 26.2 Å². The van der Waals surface area contributed by atoms with Crippen molar-refractivity contribution in [1.29, 1.82) is 0 Å². The highest BCUT2D eigenvalue weighted by molar-refractivity contribution is 9.10. The lowest BCUT2D eigenvalue weighted by Crippen LogP contribution is -2.35. The molecular weight excluding hydrogens is 296 g/mol. The fourth-order valence-corrected chi connectivity index (χ4v) is 3.79. The molecule has 96 valence electrons. The van der Waals surface area contributed by atoms with E-state index < -0.39 is 0 Å². The Hall–Kier alpha value is 0.1000. The maximum Gasteiger partial charge on any atom is 0.0285 e. The Labute approximate surface area is 116 Å². The van der Waals surface area contributed by atoms with Crippen LogP contribution in [0.5, 0.6) is 0 Å². The first-order valence-electron chi connectivity index (χ1n) is 6.24. The first-order chi connectivity index (χ1) is 8.08. The van der Waals surface area contributed by atoms with Gasteiger partial charge in [0.1, 0.15) is 0 Å². The van der Waals surface area contributed by atoms with Crippen molar-refractivity contribution >= 4 is 27.3 Å². The molecule has 1 aliphatic heterocycles. The highest BCUT2D eigenvalue weighted by atomic mass is 79.9. The third kappa shape index (κ3) is 3.78. The fourth-order valence-electron chi connectivity index (χ4n) is 2.23. The third-order valence-electron chi connectivity index (χ3n) is 3.40. The lowest BCUT2D eigenvalue weighted by molar-refractivity contribution is 0.436. The largest absolute Gasteiger partial charge is 0.316 e. The monoisotopic (exact) mass is 316 g/mol. The highest BCUT2D eigenvalue weighted by Crippen LogP contribution is 2.31. The van der Waals surface area contributed by atoms with Crippen LogP contribution in [0.3, 0.4) is 0 Å². The van der Waals surface area contributed by atoms with Gasteiger partial charge in [0.2, 0.25) is 0 Å². The minimum absolute atomic E-state index is 0.225. The molecule has 1 atom stereocenters. The predicted molar refractivity (Wildman–Crippen MR) is 78.9 cm³/mol. The summed E-state index contributed by atoms with van der Waals surface area (Å²) in [5, 5.41) is 9.20. The zero-order chi connectivity index (χ0) is 12.3. The summed E-state index contributed by atoms with van der Waals surface area (Å²) in [5.74, 6) is 0.820. The van der Waals surface area contributed by atoms with Gasteiger partial charge in [0.25, 0.3) is 0 Å². The van der Waals surface area contributed by atoms with E-state index in [1.807, 2.05) is 11.3 Å². The molecule has 1 aliphatic rings. The van der Waals surface area contributed by atoms with E-state index in [1.54, 1.807) is 0 Å². The van der Waals surface area contributed by atoms with Crippen LogP contribution in [0.25, 0.3) is 0 Å². The average molecular weight is 317 g/mol. The molecule has 2 N–H and O–H groups in total. The molecule has 4 heteroatoms. The van der Waals surface area contributed by atoms with Crippen molar-refractivity contribution in [3.63, 3.8) is 0 Å². The van der Waals surface area contributed by atoms with E-state index in [0.717, 1.165) is 19.0 Å². The first-order valence-corrected chi connectivity index (χ1v) is 7.91. The maximum absolute atomic E-state index is 3.63. The van der Waals surface area contributed by atoms with Crippen molar-refractivity contribution in [2.24, 2.45) is 5.92 Å². The van der Waals surface area contributed by atoms with Crippen molar-refractivity contribution < 1.29 is 0 Å². The van der Waals surface area contributed by atoms with Crippen LogP contribution in [0.1, 0.15) is 25.1 Å². The minimum Gasteiger partial charge on any atom is -0.316 e. The topological polar surface area (TPSA) is 24.1 Å². The summed E-state index contributed by atoms with van der Waals surface area (Å²) < 4.78 is 1.20. The smallest absolute Gasteiger partial charge is 0.0285 e. The number of rotatable bonds is 5. The van der Waals surface area contributed by atoms with E-state index in [0.29, 0.717) is 0 Å². The molecule has 0 aromatic carbocycles. The quantitative estimate of drug-likeness (QED) is 0.872. The van der Waals surface area contributed by atoms with Gasteiger partial charge in [0.05, 0.1) is 0 Å². The van der Waals surface area contributed by atoms with E-state index >= 15 is 0 Å². The molecule has 0 bridgehead atoms. The molecule has 1 saturated heterocycles. The lowest BCUT2D eigenvalue weighted by Gasteiger charge is -2.24. The summed E-state index contributed by atoms with van der Waals surface area (Å²) in [6, 6.07) is 2.24. The maximum atomic E-state index is 3.63. The van der Waals surface area contributed by atoms with Crippen LogP contribution in [0, 0.1) is 5.92 Å². The molecule has 0 aliphatic carbocycles. The predicted octanol–water partition coefficient (Wildman–Crippen LogP) is 2.99. The molecule has 1 aromatic rings. The van der Waals surface area contributed by atoms with Gasteiger partial charge in [0, 0.05) is 26.7 Å². The number of hydrogen-bond donors (Lipinski definition) is 2. The van der Waals surface area contributed by atoms with Crippen molar-refractivity contribution in [1.82, 2.24) is 10.6 Å². The molecule has 2 nitrogen and oxygen atoms in total. The third-order valence-corrected chi connectivity index (χ3v) is 5.45. The zero-order valence-corrected chi connectivity index (χ0v) is 13.0. The molecule has 2 heterocycles. The Kier molecular flexibility index (Phi) is 4.64. The van der Waals surface area contributed by atoms with Crippen molar-refractivity contribution in [2.45, 2.75) is 25.7 Å². The average Bonchev–Trinajstić information content (AvgIpc) is 2.89. The fraction of sp³-hybridized carbons (Fsp3) is 0.692. The van der Waals surface area contributed by atoms with Gasteiger partial charge in [-0.2, -0.15) is 0 Å². The standard InChI is InChI=1S/C13H21BrN2S/c1-13(2,12-5-11(14)8-17-12)9-16-7-10-3-4-15-6-10/h5,8,10,15-16H,3-4,6-7,9H2,1-2H3.